The highest BCUT2D eigenvalue weighted by molar-refractivity contribution is 5.85. The van der Waals surface area contributed by atoms with E-state index in [1.165, 1.54) is 4.90 Å². The number of nitrogens with zero attached hydrogens (tertiary/aromatic N) is 1. The van der Waals surface area contributed by atoms with Gasteiger partial charge in [-0.3, -0.25) is 9.59 Å². The lowest BCUT2D eigenvalue weighted by atomic mass is 10.2. The molecule has 1 aromatic rings. The molecule has 5 nitrogen and oxygen atoms in total. The molecule has 0 saturated carbocycles. The van der Waals surface area contributed by atoms with Crippen LogP contribution in [-0.2, 0) is 14.3 Å². The molecule has 1 unspecified atom stereocenters. The zero-order valence-corrected chi connectivity index (χ0v) is 12.2. The summed E-state index contributed by atoms with van der Waals surface area (Å²) in [7, 11) is 1.57. The van der Waals surface area contributed by atoms with Gasteiger partial charge >= 0.3 is 5.97 Å². The molecule has 0 aromatic heterocycles. The summed E-state index contributed by atoms with van der Waals surface area (Å²) in [6, 6.07) is 9.15. The van der Waals surface area contributed by atoms with E-state index in [1.807, 2.05) is 25.1 Å². The van der Waals surface area contributed by atoms with Crippen molar-refractivity contribution in [2.24, 2.45) is 0 Å². The second-order valence-corrected chi connectivity index (χ2v) is 4.33. The van der Waals surface area contributed by atoms with Crippen molar-refractivity contribution in [3.63, 3.8) is 0 Å². The monoisotopic (exact) mass is 279 g/mol. The Bertz CT molecular complexity index is 433. The molecular weight excluding hydrogens is 258 g/mol. The lowest BCUT2D eigenvalue weighted by Gasteiger charge is -2.23. The van der Waals surface area contributed by atoms with Crippen LogP contribution in [0.4, 0.5) is 0 Å². The molecule has 0 saturated heterocycles. The third kappa shape index (κ3) is 4.91. The number of rotatable bonds is 7. The Hall–Kier alpha value is -2.04. The van der Waals surface area contributed by atoms with Crippen molar-refractivity contribution in [1.29, 1.82) is 0 Å². The standard InChI is InChI=1S/C15H21NO4/c1-4-13(20-12-9-7-6-8-10-12)15(18)16(3)11-14(17)19-5-2/h6-10,13H,4-5,11H2,1-3H3. The van der Waals surface area contributed by atoms with Crippen LogP contribution in [-0.4, -0.2) is 43.1 Å². The molecule has 0 fully saturated rings. The molecule has 20 heavy (non-hydrogen) atoms. The van der Waals surface area contributed by atoms with Crippen LogP contribution in [0.2, 0.25) is 0 Å². The summed E-state index contributed by atoms with van der Waals surface area (Å²) in [5.74, 6) is -0.0143. The predicted octanol–water partition coefficient (Wildman–Crippen LogP) is 1.87. The van der Waals surface area contributed by atoms with Gasteiger partial charge in [-0.05, 0) is 25.5 Å². The van der Waals surface area contributed by atoms with Crippen LogP contribution in [0.25, 0.3) is 0 Å². The number of ether oxygens (including phenoxy) is 2. The molecule has 5 heteroatoms. The van der Waals surface area contributed by atoms with E-state index in [2.05, 4.69) is 0 Å². The van der Waals surface area contributed by atoms with Gasteiger partial charge in [0.25, 0.3) is 5.91 Å². The lowest BCUT2D eigenvalue weighted by Crippen LogP contribution is -2.42. The zero-order valence-electron chi connectivity index (χ0n) is 12.2. The number of amides is 1. The Labute approximate surface area is 119 Å². The SMILES string of the molecule is CCOC(=O)CN(C)C(=O)C(CC)Oc1ccccc1. The number of carbonyl (C=O) groups is 2. The van der Waals surface area contributed by atoms with Crippen molar-refractivity contribution in [2.45, 2.75) is 26.4 Å². The summed E-state index contributed by atoms with van der Waals surface area (Å²) in [6.45, 7) is 3.83. The fourth-order valence-electron chi connectivity index (χ4n) is 1.70. The van der Waals surface area contributed by atoms with Crippen molar-refractivity contribution >= 4 is 11.9 Å². The second kappa shape index (κ2) is 8.19. The van der Waals surface area contributed by atoms with Gasteiger partial charge in [0, 0.05) is 7.05 Å². The third-order valence-electron chi connectivity index (χ3n) is 2.72. The van der Waals surface area contributed by atoms with Gasteiger partial charge in [0.15, 0.2) is 6.10 Å². The summed E-state index contributed by atoms with van der Waals surface area (Å²) in [5.41, 5.74) is 0. The minimum Gasteiger partial charge on any atom is -0.481 e. The number of hydrogen-bond donors (Lipinski definition) is 0. The maximum Gasteiger partial charge on any atom is 0.325 e. The predicted molar refractivity (Wildman–Crippen MR) is 75.4 cm³/mol. The molecule has 0 N–H and O–H groups in total. The normalized spacial score (nSPS) is 11.6. The van der Waals surface area contributed by atoms with Gasteiger partial charge < -0.3 is 14.4 Å². The summed E-state index contributed by atoms with van der Waals surface area (Å²) >= 11 is 0. The topological polar surface area (TPSA) is 55.8 Å². The number of esters is 1. The summed E-state index contributed by atoms with van der Waals surface area (Å²) in [5, 5.41) is 0. The van der Waals surface area contributed by atoms with E-state index < -0.39 is 12.1 Å². The van der Waals surface area contributed by atoms with Crippen molar-refractivity contribution in [3.8, 4) is 5.75 Å². The maximum absolute atomic E-state index is 12.2. The average Bonchev–Trinajstić information content (AvgIpc) is 2.45. The van der Waals surface area contributed by atoms with E-state index >= 15 is 0 Å². The minimum atomic E-state index is -0.600. The molecule has 0 spiro atoms. The van der Waals surface area contributed by atoms with E-state index in [1.54, 1.807) is 26.1 Å². The number of likely N-dealkylation sites (N-methyl/N-ethyl adjacent to an activating group) is 1. The summed E-state index contributed by atoms with van der Waals surface area (Å²) < 4.78 is 10.5. The Morgan fingerprint density at radius 1 is 1.20 bits per heavy atom. The molecule has 1 amide bonds. The largest absolute Gasteiger partial charge is 0.481 e. The van der Waals surface area contributed by atoms with Gasteiger partial charge in [-0.25, -0.2) is 0 Å². The molecular formula is C15H21NO4. The number of para-hydroxylation sites is 1. The highest BCUT2D eigenvalue weighted by atomic mass is 16.5. The van der Waals surface area contributed by atoms with Gasteiger partial charge in [-0.2, -0.15) is 0 Å². The van der Waals surface area contributed by atoms with Crippen molar-refractivity contribution < 1.29 is 19.1 Å². The van der Waals surface area contributed by atoms with E-state index in [9.17, 15) is 9.59 Å². The van der Waals surface area contributed by atoms with Crippen molar-refractivity contribution in [2.75, 3.05) is 20.2 Å². The molecule has 0 aliphatic carbocycles. The molecule has 0 bridgehead atoms. The Morgan fingerprint density at radius 2 is 1.85 bits per heavy atom. The molecule has 1 rings (SSSR count). The average molecular weight is 279 g/mol. The Morgan fingerprint density at radius 3 is 2.40 bits per heavy atom. The second-order valence-electron chi connectivity index (χ2n) is 4.33. The van der Waals surface area contributed by atoms with Crippen LogP contribution in [0, 0.1) is 0 Å². The first kappa shape index (κ1) is 16.0. The zero-order chi connectivity index (χ0) is 15.0. The number of hydrogen-bond acceptors (Lipinski definition) is 4. The molecule has 1 aromatic carbocycles. The first-order valence-electron chi connectivity index (χ1n) is 6.70. The van der Waals surface area contributed by atoms with Crippen LogP contribution < -0.4 is 4.74 Å². The first-order valence-corrected chi connectivity index (χ1v) is 6.70. The van der Waals surface area contributed by atoms with Crippen molar-refractivity contribution in [1.82, 2.24) is 4.90 Å². The van der Waals surface area contributed by atoms with Crippen molar-refractivity contribution in [3.05, 3.63) is 30.3 Å². The van der Waals surface area contributed by atoms with Crippen LogP contribution >= 0.6 is 0 Å². The summed E-state index contributed by atoms with van der Waals surface area (Å²) in [4.78, 5) is 24.9. The molecule has 110 valence electrons. The summed E-state index contributed by atoms with van der Waals surface area (Å²) in [6.07, 6.45) is -0.0715. The smallest absolute Gasteiger partial charge is 0.325 e. The lowest BCUT2D eigenvalue weighted by molar-refractivity contribution is -0.150. The van der Waals surface area contributed by atoms with E-state index in [0.29, 0.717) is 18.8 Å². The quantitative estimate of drug-likeness (QED) is 0.715. The van der Waals surface area contributed by atoms with Gasteiger partial charge in [0.1, 0.15) is 12.3 Å². The van der Waals surface area contributed by atoms with Crippen LogP contribution in [0.5, 0.6) is 5.75 Å². The molecule has 0 aliphatic rings. The number of carbonyl (C=O) groups excluding carboxylic acids is 2. The van der Waals surface area contributed by atoms with E-state index in [0.717, 1.165) is 0 Å². The van der Waals surface area contributed by atoms with Crippen LogP contribution in [0.3, 0.4) is 0 Å². The van der Waals surface area contributed by atoms with Gasteiger partial charge in [-0.15, -0.1) is 0 Å². The molecule has 0 aliphatic heterocycles. The fourth-order valence-corrected chi connectivity index (χ4v) is 1.70. The van der Waals surface area contributed by atoms with Gasteiger partial charge in [0.2, 0.25) is 0 Å². The van der Waals surface area contributed by atoms with E-state index in [-0.39, 0.29) is 12.5 Å². The highest BCUT2D eigenvalue weighted by Gasteiger charge is 2.23. The molecule has 0 heterocycles. The Balaban J connectivity index is 2.60. The van der Waals surface area contributed by atoms with Gasteiger partial charge in [-0.1, -0.05) is 25.1 Å². The minimum absolute atomic E-state index is 0.0681. The first-order chi connectivity index (χ1) is 9.58. The van der Waals surface area contributed by atoms with E-state index in [4.69, 9.17) is 9.47 Å². The van der Waals surface area contributed by atoms with Gasteiger partial charge in [0.05, 0.1) is 6.61 Å². The molecule has 0 radical (unpaired) electrons. The van der Waals surface area contributed by atoms with Crippen LogP contribution in [0.15, 0.2) is 30.3 Å². The molecule has 1 atom stereocenters. The van der Waals surface area contributed by atoms with Crippen LogP contribution in [0.1, 0.15) is 20.3 Å². The highest BCUT2D eigenvalue weighted by Crippen LogP contribution is 2.13. The number of benzene rings is 1. The Kier molecular flexibility index (Phi) is 6.56. The fraction of sp³-hybridized carbons (Fsp3) is 0.467. The maximum atomic E-state index is 12.2. The third-order valence-corrected chi connectivity index (χ3v) is 2.72.